The Morgan fingerprint density at radius 3 is 1.96 bits per heavy atom. The maximum atomic E-state index is 12.4. The smallest absolute Gasteiger partial charge is 0.326 e. The van der Waals surface area contributed by atoms with E-state index in [4.69, 9.17) is 27.4 Å². The standard InChI is InChI=1S/C15H27N5O7/c16-6-2-1-3-9(19-13(24)8(17)7-11(18)21)14(25)20-10(15(26)27)4-5-12(22)23/h8-10H,1-7,16-17H2,(H2,18,21)(H,19,24)(H,20,25)(H,22,23)(H,26,27). The summed E-state index contributed by atoms with van der Waals surface area (Å²) in [5.74, 6) is -4.99. The van der Waals surface area contributed by atoms with E-state index >= 15 is 0 Å². The molecule has 0 aliphatic carbocycles. The van der Waals surface area contributed by atoms with Crippen molar-refractivity contribution < 1.29 is 34.2 Å². The van der Waals surface area contributed by atoms with E-state index in [0.29, 0.717) is 19.4 Å². The van der Waals surface area contributed by atoms with Crippen molar-refractivity contribution in [3.63, 3.8) is 0 Å². The zero-order valence-corrected chi connectivity index (χ0v) is 14.8. The maximum absolute atomic E-state index is 12.4. The monoisotopic (exact) mass is 389 g/mol. The number of carbonyl (C=O) groups is 5. The first-order valence-electron chi connectivity index (χ1n) is 8.37. The van der Waals surface area contributed by atoms with E-state index in [9.17, 15) is 24.0 Å². The summed E-state index contributed by atoms with van der Waals surface area (Å²) in [6.07, 6.45) is -0.00415. The van der Waals surface area contributed by atoms with Crippen molar-refractivity contribution in [1.82, 2.24) is 10.6 Å². The number of primary amides is 1. The van der Waals surface area contributed by atoms with Gasteiger partial charge in [-0.3, -0.25) is 19.2 Å². The molecule has 27 heavy (non-hydrogen) atoms. The fourth-order valence-corrected chi connectivity index (χ4v) is 2.15. The van der Waals surface area contributed by atoms with E-state index in [2.05, 4.69) is 10.6 Å². The van der Waals surface area contributed by atoms with Gasteiger partial charge >= 0.3 is 11.9 Å². The molecule has 0 aromatic heterocycles. The molecule has 0 aromatic rings. The summed E-state index contributed by atoms with van der Waals surface area (Å²) in [5.41, 5.74) is 15.9. The number of rotatable bonds is 14. The van der Waals surface area contributed by atoms with Crippen LogP contribution in [0.3, 0.4) is 0 Å². The lowest BCUT2D eigenvalue weighted by Crippen LogP contribution is -2.54. The van der Waals surface area contributed by atoms with Crippen LogP contribution in [0.25, 0.3) is 0 Å². The second kappa shape index (κ2) is 12.6. The van der Waals surface area contributed by atoms with E-state index < -0.39 is 60.6 Å². The zero-order valence-electron chi connectivity index (χ0n) is 14.8. The van der Waals surface area contributed by atoms with Gasteiger partial charge in [-0.15, -0.1) is 0 Å². The number of nitrogens with one attached hydrogen (secondary N) is 2. The third kappa shape index (κ3) is 10.8. The lowest BCUT2D eigenvalue weighted by molar-refractivity contribution is -0.143. The Bertz CT molecular complexity index is 555. The predicted molar refractivity (Wildman–Crippen MR) is 93.1 cm³/mol. The second-order valence-electron chi connectivity index (χ2n) is 5.95. The van der Waals surface area contributed by atoms with Gasteiger partial charge in [0.1, 0.15) is 12.1 Å². The van der Waals surface area contributed by atoms with Crippen molar-refractivity contribution in [3.8, 4) is 0 Å². The summed E-state index contributed by atoms with van der Waals surface area (Å²) in [6.45, 7) is 0.361. The summed E-state index contributed by atoms with van der Waals surface area (Å²) >= 11 is 0. The molecule has 12 nitrogen and oxygen atoms in total. The number of nitrogens with two attached hydrogens (primary N) is 3. The van der Waals surface area contributed by atoms with Crippen molar-refractivity contribution >= 4 is 29.7 Å². The highest BCUT2D eigenvalue weighted by atomic mass is 16.4. The lowest BCUT2D eigenvalue weighted by Gasteiger charge is -2.22. The van der Waals surface area contributed by atoms with Gasteiger partial charge in [-0.2, -0.15) is 0 Å². The normalized spacial score (nSPS) is 13.9. The molecule has 154 valence electrons. The van der Waals surface area contributed by atoms with Crippen LogP contribution in [0.1, 0.15) is 38.5 Å². The van der Waals surface area contributed by atoms with Crippen LogP contribution in [0.5, 0.6) is 0 Å². The third-order valence-corrected chi connectivity index (χ3v) is 3.60. The first-order chi connectivity index (χ1) is 12.6. The summed E-state index contributed by atoms with van der Waals surface area (Å²) in [7, 11) is 0. The molecule has 10 N–H and O–H groups in total. The number of hydrogen-bond donors (Lipinski definition) is 7. The molecule has 0 fully saturated rings. The van der Waals surface area contributed by atoms with Crippen molar-refractivity contribution in [2.45, 2.75) is 56.7 Å². The van der Waals surface area contributed by atoms with Crippen LogP contribution in [-0.4, -0.2) is 64.5 Å². The molecule has 3 unspecified atom stereocenters. The second-order valence-corrected chi connectivity index (χ2v) is 5.95. The van der Waals surface area contributed by atoms with E-state index in [0.717, 1.165) is 0 Å². The van der Waals surface area contributed by atoms with Crippen LogP contribution < -0.4 is 27.8 Å². The molecule has 0 aliphatic heterocycles. The number of carbonyl (C=O) groups excluding carboxylic acids is 3. The quantitative estimate of drug-likeness (QED) is 0.152. The Hall–Kier alpha value is -2.73. The van der Waals surface area contributed by atoms with Gasteiger partial charge < -0.3 is 38.0 Å². The van der Waals surface area contributed by atoms with E-state index in [1.165, 1.54) is 0 Å². The van der Waals surface area contributed by atoms with Gasteiger partial charge in [0.05, 0.1) is 12.5 Å². The number of carboxylic acids is 2. The van der Waals surface area contributed by atoms with Gasteiger partial charge in [0.25, 0.3) is 0 Å². The van der Waals surface area contributed by atoms with Crippen molar-refractivity contribution in [2.75, 3.05) is 6.54 Å². The highest BCUT2D eigenvalue weighted by Gasteiger charge is 2.28. The molecule has 3 atom stereocenters. The number of carboxylic acid groups (broad SMARTS) is 2. The molecule has 0 heterocycles. The summed E-state index contributed by atoms with van der Waals surface area (Å²) in [6, 6.07) is -3.80. The van der Waals surface area contributed by atoms with Gasteiger partial charge in [0.15, 0.2) is 0 Å². The average Bonchev–Trinajstić information content (AvgIpc) is 2.56. The molecule has 0 rings (SSSR count). The van der Waals surface area contributed by atoms with Crippen LogP contribution in [0.4, 0.5) is 0 Å². The number of unbranched alkanes of at least 4 members (excludes halogenated alkanes) is 1. The molecule has 0 saturated heterocycles. The minimum Gasteiger partial charge on any atom is -0.481 e. The summed E-state index contributed by atoms with van der Waals surface area (Å²) < 4.78 is 0. The van der Waals surface area contributed by atoms with Crippen molar-refractivity contribution in [1.29, 1.82) is 0 Å². The Labute approximate surface area is 155 Å². The summed E-state index contributed by atoms with van der Waals surface area (Å²) in [4.78, 5) is 57.0. The predicted octanol–water partition coefficient (Wildman–Crippen LogP) is -2.76. The average molecular weight is 389 g/mol. The molecule has 0 bridgehead atoms. The van der Waals surface area contributed by atoms with Gasteiger partial charge in [0.2, 0.25) is 17.7 Å². The van der Waals surface area contributed by atoms with Crippen LogP contribution >= 0.6 is 0 Å². The van der Waals surface area contributed by atoms with Crippen LogP contribution in [-0.2, 0) is 24.0 Å². The van der Waals surface area contributed by atoms with Crippen LogP contribution in [0, 0.1) is 0 Å². The van der Waals surface area contributed by atoms with E-state index in [1.54, 1.807) is 0 Å². The number of hydrogen-bond acceptors (Lipinski definition) is 7. The molecule has 0 aliphatic rings. The SMILES string of the molecule is NCCCCC(NC(=O)C(N)CC(N)=O)C(=O)NC(CCC(=O)O)C(=O)O. The minimum atomic E-state index is -1.43. The number of amides is 3. The molecule has 0 radical (unpaired) electrons. The maximum Gasteiger partial charge on any atom is 0.326 e. The zero-order chi connectivity index (χ0) is 21.0. The summed E-state index contributed by atoms with van der Waals surface area (Å²) in [5, 5.41) is 22.3. The third-order valence-electron chi connectivity index (χ3n) is 3.60. The Kier molecular flexibility index (Phi) is 11.3. The molecular weight excluding hydrogens is 362 g/mol. The first-order valence-corrected chi connectivity index (χ1v) is 8.37. The van der Waals surface area contributed by atoms with E-state index in [1.807, 2.05) is 0 Å². The molecule has 12 heteroatoms. The molecular formula is C15H27N5O7. The largest absolute Gasteiger partial charge is 0.481 e. The van der Waals surface area contributed by atoms with Gasteiger partial charge in [-0.1, -0.05) is 0 Å². The van der Waals surface area contributed by atoms with Crippen LogP contribution in [0.2, 0.25) is 0 Å². The van der Waals surface area contributed by atoms with Crippen molar-refractivity contribution in [3.05, 3.63) is 0 Å². The number of aliphatic carboxylic acids is 2. The van der Waals surface area contributed by atoms with E-state index in [-0.39, 0.29) is 12.8 Å². The Balaban J connectivity index is 5.03. The highest BCUT2D eigenvalue weighted by molar-refractivity contribution is 5.93. The fraction of sp³-hybridized carbons (Fsp3) is 0.667. The molecule has 0 saturated carbocycles. The first kappa shape index (κ1) is 24.3. The molecule has 0 spiro atoms. The fourth-order valence-electron chi connectivity index (χ4n) is 2.15. The highest BCUT2D eigenvalue weighted by Crippen LogP contribution is 2.05. The molecule has 0 aromatic carbocycles. The van der Waals surface area contributed by atoms with Crippen LogP contribution in [0.15, 0.2) is 0 Å². The Morgan fingerprint density at radius 1 is 0.889 bits per heavy atom. The van der Waals surface area contributed by atoms with Crippen molar-refractivity contribution in [2.24, 2.45) is 17.2 Å². The minimum absolute atomic E-state index is 0.156. The van der Waals surface area contributed by atoms with Gasteiger partial charge in [-0.05, 0) is 32.2 Å². The topological polar surface area (TPSA) is 228 Å². The Morgan fingerprint density at radius 2 is 1.48 bits per heavy atom. The van der Waals surface area contributed by atoms with Gasteiger partial charge in [0, 0.05) is 6.42 Å². The molecule has 3 amide bonds. The lowest BCUT2D eigenvalue weighted by atomic mass is 10.1. The van der Waals surface area contributed by atoms with Gasteiger partial charge in [-0.25, -0.2) is 4.79 Å².